The Bertz CT molecular complexity index is 681. The first-order valence-electron chi connectivity index (χ1n) is 7.70. The van der Waals surface area contributed by atoms with Crippen molar-refractivity contribution in [3.05, 3.63) is 57.6 Å². The lowest BCUT2D eigenvalue weighted by Gasteiger charge is -2.13. The quantitative estimate of drug-likeness (QED) is 0.526. The lowest BCUT2D eigenvalue weighted by atomic mass is 9.99. The average molecular weight is 375 g/mol. The first kappa shape index (κ1) is 17.5. The number of methoxy groups -OCH3 is 1. The van der Waals surface area contributed by atoms with Gasteiger partial charge in [0.25, 0.3) is 0 Å². The molecule has 0 aliphatic carbocycles. The number of aliphatic imine (C=N–C) groups is 1. The van der Waals surface area contributed by atoms with Crippen LogP contribution >= 0.6 is 15.9 Å². The van der Waals surface area contributed by atoms with Gasteiger partial charge >= 0.3 is 0 Å². The van der Waals surface area contributed by atoms with Crippen LogP contribution in [0.3, 0.4) is 0 Å². The van der Waals surface area contributed by atoms with Gasteiger partial charge < -0.3 is 9.64 Å². The molecule has 0 fully saturated rings. The number of nitrogens with zero attached hydrogens (tertiary/aromatic N) is 2. The number of rotatable bonds is 6. The molecular weight excluding hydrogens is 352 g/mol. The van der Waals surface area contributed by atoms with Gasteiger partial charge in [-0.1, -0.05) is 28.1 Å². The summed E-state index contributed by atoms with van der Waals surface area (Å²) in [5.41, 5.74) is 4.65. The highest BCUT2D eigenvalue weighted by molar-refractivity contribution is 9.10. The minimum Gasteiger partial charge on any atom is -0.497 e. The van der Waals surface area contributed by atoms with Gasteiger partial charge in [0.05, 0.1) is 19.1 Å². The predicted octanol–water partition coefficient (Wildman–Crippen LogP) is 4.97. The molecule has 3 nitrogen and oxygen atoms in total. The van der Waals surface area contributed by atoms with Gasteiger partial charge in [-0.05, 0) is 55.2 Å². The SMILES string of the molecule is CCN(C)C=Nc1cc(OC)cc(Cc2ccc(Br)cc2)c1C. The maximum Gasteiger partial charge on any atom is 0.121 e. The van der Waals surface area contributed by atoms with Crippen LogP contribution in [0.5, 0.6) is 5.75 Å². The summed E-state index contributed by atoms with van der Waals surface area (Å²) in [6.45, 7) is 5.15. The van der Waals surface area contributed by atoms with Crippen LogP contribution in [0.4, 0.5) is 5.69 Å². The van der Waals surface area contributed by atoms with Gasteiger partial charge in [-0.25, -0.2) is 4.99 Å². The van der Waals surface area contributed by atoms with Crippen molar-refractivity contribution >= 4 is 28.0 Å². The summed E-state index contributed by atoms with van der Waals surface area (Å²) in [5.74, 6) is 0.842. The molecule has 0 N–H and O–H groups in total. The zero-order valence-corrected chi connectivity index (χ0v) is 15.7. The van der Waals surface area contributed by atoms with E-state index in [9.17, 15) is 0 Å². The van der Waals surface area contributed by atoms with Crippen LogP contribution in [0, 0.1) is 6.92 Å². The number of benzene rings is 2. The van der Waals surface area contributed by atoms with Crippen LogP contribution in [0.2, 0.25) is 0 Å². The van der Waals surface area contributed by atoms with Gasteiger partial charge in [-0.2, -0.15) is 0 Å². The molecule has 0 heterocycles. The molecule has 122 valence electrons. The second kappa shape index (κ2) is 8.16. The minimum atomic E-state index is 0.842. The van der Waals surface area contributed by atoms with Crippen LogP contribution in [-0.2, 0) is 6.42 Å². The van der Waals surface area contributed by atoms with Crippen LogP contribution in [-0.4, -0.2) is 31.9 Å². The number of hydrogen-bond donors (Lipinski definition) is 0. The van der Waals surface area contributed by atoms with Crippen molar-refractivity contribution in [1.82, 2.24) is 4.90 Å². The van der Waals surface area contributed by atoms with Gasteiger partial charge in [-0.15, -0.1) is 0 Å². The summed E-state index contributed by atoms with van der Waals surface area (Å²) >= 11 is 3.48. The molecule has 0 aliphatic rings. The van der Waals surface area contributed by atoms with Crippen LogP contribution in [0.25, 0.3) is 0 Å². The molecule has 2 rings (SSSR count). The lowest BCUT2D eigenvalue weighted by molar-refractivity contribution is 0.414. The number of halogens is 1. The smallest absolute Gasteiger partial charge is 0.121 e. The van der Waals surface area contributed by atoms with Gasteiger partial charge in [0.1, 0.15) is 5.75 Å². The fourth-order valence-electron chi connectivity index (χ4n) is 2.23. The molecule has 2 aromatic rings. The van der Waals surface area contributed by atoms with Crippen LogP contribution in [0.15, 0.2) is 45.9 Å². The van der Waals surface area contributed by atoms with E-state index in [2.05, 4.69) is 65.1 Å². The lowest BCUT2D eigenvalue weighted by Crippen LogP contribution is -2.14. The summed E-state index contributed by atoms with van der Waals surface area (Å²) in [4.78, 5) is 6.66. The Balaban J connectivity index is 2.34. The van der Waals surface area contributed by atoms with E-state index < -0.39 is 0 Å². The molecule has 0 atom stereocenters. The second-order valence-electron chi connectivity index (χ2n) is 5.55. The Labute approximate surface area is 147 Å². The summed E-state index contributed by atoms with van der Waals surface area (Å²) in [7, 11) is 3.71. The van der Waals surface area contributed by atoms with E-state index in [1.807, 2.05) is 24.4 Å². The fourth-order valence-corrected chi connectivity index (χ4v) is 2.49. The van der Waals surface area contributed by atoms with E-state index in [0.717, 1.165) is 28.9 Å². The van der Waals surface area contributed by atoms with E-state index >= 15 is 0 Å². The highest BCUT2D eigenvalue weighted by Gasteiger charge is 2.08. The van der Waals surface area contributed by atoms with E-state index in [1.54, 1.807) is 7.11 Å². The monoisotopic (exact) mass is 374 g/mol. The van der Waals surface area contributed by atoms with Gasteiger partial charge in [0.15, 0.2) is 0 Å². The first-order chi connectivity index (χ1) is 11.0. The van der Waals surface area contributed by atoms with Crippen molar-refractivity contribution in [2.75, 3.05) is 20.7 Å². The molecule has 0 saturated heterocycles. The largest absolute Gasteiger partial charge is 0.497 e. The molecule has 0 amide bonds. The van der Waals surface area contributed by atoms with Crippen LogP contribution < -0.4 is 4.74 Å². The van der Waals surface area contributed by atoms with E-state index in [-0.39, 0.29) is 0 Å². The van der Waals surface area contributed by atoms with Crippen molar-refractivity contribution < 1.29 is 4.74 Å². The molecule has 0 aromatic heterocycles. The molecule has 23 heavy (non-hydrogen) atoms. The van der Waals surface area contributed by atoms with E-state index in [4.69, 9.17) is 4.74 Å². The van der Waals surface area contributed by atoms with Crippen molar-refractivity contribution in [2.24, 2.45) is 4.99 Å². The van der Waals surface area contributed by atoms with Crippen molar-refractivity contribution in [1.29, 1.82) is 0 Å². The third-order valence-electron chi connectivity index (χ3n) is 3.90. The van der Waals surface area contributed by atoms with Gasteiger partial charge in [0, 0.05) is 24.1 Å². The molecule has 4 heteroatoms. The zero-order valence-electron chi connectivity index (χ0n) is 14.1. The Kier molecular flexibility index (Phi) is 6.22. The highest BCUT2D eigenvalue weighted by Crippen LogP contribution is 2.30. The second-order valence-corrected chi connectivity index (χ2v) is 6.47. The van der Waals surface area contributed by atoms with E-state index in [0.29, 0.717) is 0 Å². The summed E-state index contributed by atoms with van der Waals surface area (Å²) in [6, 6.07) is 12.5. The zero-order chi connectivity index (χ0) is 16.8. The summed E-state index contributed by atoms with van der Waals surface area (Å²) in [5, 5.41) is 0. The third-order valence-corrected chi connectivity index (χ3v) is 4.43. The molecule has 2 aromatic carbocycles. The predicted molar refractivity (Wildman–Crippen MR) is 101 cm³/mol. The first-order valence-corrected chi connectivity index (χ1v) is 8.49. The average Bonchev–Trinajstić information content (AvgIpc) is 2.57. The normalized spacial score (nSPS) is 11.0. The third kappa shape index (κ3) is 4.83. The van der Waals surface area contributed by atoms with Crippen molar-refractivity contribution in [2.45, 2.75) is 20.3 Å². The summed E-state index contributed by atoms with van der Waals surface area (Å²) in [6.07, 6.45) is 2.73. The Hall–Kier alpha value is -1.81. The maximum absolute atomic E-state index is 5.45. The molecule has 0 bridgehead atoms. The molecule has 0 aliphatic heterocycles. The maximum atomic E-state index is 5.45. The van der Waals surface area contributed by atoms with Crippen molar-refractivity contribution in [3.63, 3.8) is 0 Å². The Morgan fingerprint density at radius 2 is 1.91 bits per heavy atom. The Morgan fingerprint density at radius 1 is 1.22 bits per heavy atom. The van der Waals surface area contributed by atoms with Crippen molar-refractivity contribution in [3.8, 4) is 5.75 Å². The van der Waals surface area contributed by atoms with Gasteiger partial charge in [0.2, 0.25) is 0 Å². The summed E-state index contributed by atoms with van der Waals surface area (Å²) < 4.78 is 6.54. The van der Waals surface area contributed by atoms with Gasteiger partial charge in [-0.3, -0.25) is 0 Å². The molecule has 0 radical (unpaired) electrons. The van der Waals surface area contributed by atoms with E-state index in [1.165, 1.54) is 16.7 Å². The fraction of sp³-hybridized carbons (Fsp3) is 0.316. The molecular formula is C19H23BrN2O. The highest BCUT2D eigenvalue weighted by atomic mass is 79.9. The molecule has 0 saturated carbocycles. The Morgan fingerprint density at radius 3 is 2.52 bits per heavy atom. The minimum absolute atomic E-state index is 0.842. The number of ether oxygens (including phenoxy) is 1. The molecule has 0 unspecified atom stereocenters. The topological polar surface area (TPSA) is 24.8 Å². The van der Waals surface area contributed by atoms with Crippen LogP contribution in [0.1, 0.15) is 23.6 Å². The molecule has 0 spiro atoms. The number of hydrogen-bond acceptors (Lipinski definition) is 2. The standard InChI is InChI=1S/C19H23BrN2O/c1-5-22(3)13-21-19-12-18(23-4)11-16(14(19)2)10-15-6-8-17(20)9-7-15/h6-9,11-13H,5,10H2,1-4H3.